The van der Waals surface area contributed by atoms with Crippen LogP contribution in [0.5, 0.6) is 11.5 Å². The Bertz CT molecular complexity index is 1230. The van der Waals surface area contributed by atoms with Crippen molar-refractivity contribution < 1.29 is 14.4 Å². The van der Waals surface area contributed by atoms with Crippen LogP contribution in [0.1, 0.15) is 22.2 Å². The molecular weight excluding hydrogens is 452 g/mol. The number of aryl methyl sites for hydroxylation is 1. The summed E-state index contributed by atoms with van der Waals surface area (Å²) in [4.78, 5) is 11.1. The number of nitro groups is 1. The van der Waals surface area contributed by atoms with Gasteiger partial charge in [0.2, 0.25) is 6.54 Å². The Hall–Kier alpha value is -3.85. The Balaban J connectivity index is 1.53. The lowest BCUT2D eigenvalue weighted by Crippen LogP contribution is -2.11. The number of aromatic nitrogens is 3. The van der Waals surface area contributed by atoms with Crippen molar-refractivity contribution in [3.8, 4) is 17.2 Å². The van der Waals surface area contributed by atoms with Crippen molar-refractivity contribution >= 4 is 11.8 Å². The molecule has 0 radical (unpaired) electrons. The van der Waals surface area contributed by atoms with E-state index in [1.54, 1.807) is 7.11 Å². The number of rotatable bonds is 10. The smallest absolute Gasteiger partial charge is 0.220 e. The normalized spacial score (nSPS) is 11.7. The molecule has 0 aliphatic rings. The Labute approximate surface area is 201 Å². The van der Waals surface area contributed by atoms with E-state index in [9.17, 15) is 10.1 Å². The van der Waals surface area contributed by atoms with Crippen molar-refractivity contribution in [2.75, 3.05) is 13.7 Å². The van der Waals surface area contributed by atoms with Crippen LogP contribution in [0.3, 0.4) is 0 Å². The van der Waals surface area contributed by atoms with E-state index in [0.717, 1.165) is 22.6 Å². The maximum absolute atomic E-state index is 11.4. The highest BCUT2D eigenvalue weighted by atomic mass is 32.2. The number of hydrogen-bond donors (Lipinski definition) is 0. The summed E-state index contributed by atoms with van der Waals surface area (Å²) >= 11 is 1.31. The first-order chi connectivity index (χ1) is 16.5. The molecule has 0 aliphatic heterocycles. The van der Waals surface area contributed by atoms with Crippen molar-refractivity contribution in [2.24, 2.45) is 0 Å². The van der Waals surface area contributed by atoms with Gasteiger partial charge >= 0.3 is 0 Å². The van der Waals surface area contributed by atoms with Crippen LogP contribution >= 0.6 is 11.8 Å². The summed E-state index contributed by atoms with van der Waals surface area (Å²) in [6.45, 7) is 2.06. The van der Waals surface area contributed by atoms with Crippen molar-refractivity contribution in [1.82, 2.24) is 14.8 Å². The minimum Gasteiger partial charge on any atom is -0.497 e. The standard InChI is InChI=1S/C25H24N4O4S/c1-18-26-27-25(29(18)21-10-14-22(32-2)15-11-21)34-24(16-28(30)31)20-8-12-23(13-9-20)33-17-19-6-4-3-5-7-19/h3-15,24H,16-17H2,1-2H3/t24-/m1/s1. The summed E-state index contributed by atoms with van der Waals surface area (Å²) in [6.07, 6.45) is 0. The Morgan fingerprint density at radius 3 is 2.29 bits per heavy atom. The van der Waals surface area contributed by atoms with E-state index < -0.39 is 5.25 Å². The average molecular weight is 477 g/mol. The van der Waals surface area contributed by atoms with Gasteiger partial charge in [-0.1, -0.05) is 54.2 Å². The van der Waals surface area contributed by atoms with Crippen LogP contribution in [0.2, 0.25) is 0 Å². The molecule has 174 valence electrons. The average Bonchev–Trinajstić information content (AvgIpc) is 3.23. The fraction of sp³-hybridized carbons (Fsp3) is 0.200. The second-order valence-electron chi connectivity index (χ2n) is 7.53. The highest BCUT2D eigenvalue weighted by Gasteiger charge is 2.24. The molecule has 0 N–H and O–H groups in total. The van der Waals surface area contributed by atoms with Gasteiger partial charge in [0.25, 0.3) is 0 Å². The second kappa shape index (κ2) is 10.8. The molecule has 1 atom stereocenters. The molecule has 8 nitrogen and oxygen atoms in total. The zero-order valence-corrected chi connectivity index (χ0v) is 19.6. The van der Waals surface area contributed by atoms with Crippen molar-refractivity contribution in [1.29, 1.82) is 0 Å². The number of thioether (sulfide) groups is 1. The van der Waals surface area contributed by atoms with Crippen LogP contribution in [0, 0.1) is 17.0 Å². The number of hydrogen-bond acceptors (Lipinski definition) is 7. The van der Waals surface area contributed by atoms with E-state index in [0.29, 0.717) is 23.3 Å². The Morgan fingerprint density at radius 1 is 0.971 bits per heavy atom. The van der Waals surface area contributed by atoms with Crippen molar-refractivity contribution in [3.63, 3.8) is 0 Å². The predicted octanol–water partition coefficient (Wildman–Crippen LogP) is 5.27. The largest absolute Gasteiger partial charge is 0.497 e. The van der Waals surface area contributed by atoms with Gasteiger partial charge in [-0.05, 0) is 54.4 Å². The van der Waals surface area contributed by atoms with Gasteiger partial charge in [-0.3, -0.25) is 14.7 Å². The highest BCUT2D eigenvalue weighted by molar-refractivity contribution is 7.99. The molecule has 0 saturated heterocycles. The molecule has 3 aromatic carbocycles. The van der Waals surface area contributed by atoms with E-state index in [1.807, 2.05) is 90.4 Å². The lowest BCUT2D eigenvalue weighted by atomic mass is 10.1. The van der Waals surface area contributed by atoms with Gasteiger partial charge in [0, 0.05) is 10.6 Å². The number of methoxy groups -OCH3 is 1. The Morgan fingerprint density at radius 2 is 1.65 bits per heavy atom. The molecule has 1 aromatic heterocycles. The molecule has 9 heteroatoms. The first-order valence-corrected chi connectivity index (χ1v) is 11.5. The molecule has 1 heterocycles. The fourth-order valence-corrected chi connectivity index (χ4v) is 4.62. The first-order valence-electron chi connectivity index (χ1n) is 10.6. The minimum absolute atomic E-state index is 0.247. The zero-order valence-electron chi connectivity index (χ0n) is 18.8. The van der Waals surface area contributed by atoms with Gasteiger partial charge in [-0.25, -0.2) is 0 Å². The molecule has 0 bridgehead atoms. The van der Waals surface area contributed by atoms with Crippen LogP contribution in [0.4, 0.5) is 0 Å². The third kappa shape index (κ3) is 5.74. The third-order valence-electron chi connectivity index (χ3n) is 5.19. The van der Waals surface area contributed by atoms with E-state index in [1.165, 1.54) is 11.8 Å². The summed E-state index contributed by atoms with van der Waals surface area (Å²) in [5.41, 5.74) is 2.74. The van der Waals surface area contributed by atoms with Crippen LogP contribution < -0.4 is 9.47 Å². The van der Waals surface area contributed by atoms with Crippen LogP contribution in [0.25, 0.3) is 5.69 Å². The molecule has 0 spiro atoms. The van der Waals surface area contributed by atoms with Gasteiger partial charge in [0.1, 0.15) is 29.2 Å². The number of ether oxygens (including phenoxy) is 2. The van der Waals surface area contributed by atoms with E-state index >= 15 is 0 Å². The van der Waals surface area contributed by atoms with Crippen molar-refractivity contribution in [2.45, 2.75) is 23.9 Å². The van der Waals surface area contributed by atoms with E-state index in [4.69, 9.17) is 9.47 Å². The first kappa shape index (κ1) is 23.3. The maximum Gasteiger partial charge on any atom is 0.220 e. The Kier molecular flexibility index (Phi) is 7.44. The topological polar surface area (TPSA) is 92.3 Å². The molecule has 0 fully saturated rings. The molecule has 4 rings (SSSR count). The molecule has 0 amide bonds. The molecule has 0 unspecified atom stereocenters. The molecule has 0 saturated carbocycles. The lowest BCUT2D eigenvalue weighted by molar-refractivity contribution is -0.479. The minimum atomic E-state index is -0.446. The van der Waals surface area contributed by atoms with E-state index in [-0.39, 0.29) is 11.5 Å². The quantitative estimate of drug-likeness (QED) is 0.175. The maximum atomic E-state index is 11.4. The van der Waals surface area contributed by atoms with Gasteiger partial charge in [-0.2, -0.15) is 0 Å². The summed E-state index contributed by atoms with van der Waals surface area (Å²) < 4.78 is 13.0. The van der Waals surface area contributed by atoms with Gasteiger partial charge in [0.05, 0.1) is 7.11 Å². The zero-order chi connectivity index (χ0) is 23.9. The third-order valence-corrected chi connectivity index (χ3v) is 6.37. The molecule has 0 aliphatic carbocycles. The van der Waals surface area contributed by atoms with E-state index in [2.05, 4.69) is 10.2 Å². The van der Waals surface area contributed by atoms with Gasteiger partial charge in [0.15, 0.2) is 5.16 Å². The monoisotopic (exact) mass is 476 g/mol. The molecule has 4 aromatic rings. The fourth-order valence-electron chi connectivity index (χ4n) is 3.44. The van der Waals surface area contributed by atoms with Crippen LogP contribution in [-0.4, -0.2) is 33.3 Å². The van der Waals surface area contributed by atoms with Crippen LogP contribution in [0.15, 0.2) is 84.0 Å². The number of benzene rings is 3. The van der Waals surface area contributed by atoms with Crippen LogP contribution in [-0.2, 0) is 6.61 Å². The van der Waals surface area contributed by atoms with Gasteiger partial charge in [-0.15, -0.1) is 10.2 Å². The summed E-state index contributed by atoms with van der Waals surface area (Å²) in [6, 6.07) is 24.8. The predicted molar refractivity (Wildman–Crippen MR) is 130 cm³/mol. The molecule has 34 heavy (non-hydrogen) atoms. The number of nitrogens with zero attached hydrogens (tertiary/aromatic N) is 4. The summed E-state index contributed by atoms with van der Waals surface area (Å²) in [5, 5.41) is 20.1. The second-order valence-corrected chi connectivity index (χ2v) is 8.70. The highest BCUT2D eigenvalue weighted by Crippen LogP contribution is 2.36. The van der Waals surface area contributed by atoms with Gasteiger partial charge < -0.3 is 9.47 Å². The SMILES string of the molecule is COc1ccc(-n2c(C)nnc2S[C@H](C[N+](=O)[O-])c2ccc(OCc3ccccc3)cc2)cc1. The molecular formula is C25H24N4O4S. The van der Waals surface area contributed by atoms with Crippen molar-refractivity contribution in [3.05, 3.63) is 106 Å². The summed E-state index contributed by atoms with van der Waals surface area (Å²) in [7, 11) is 1.61. The lowest BCUT2D eigenvalue weighted by Gasteiger charge is -2.15. The summed E-state index contributed by atoms with van der Waals surface area (Å²) in [5.74, 6) is 2.14.